The molecule has 0 spiro atoms. The lowest BCUT2D eigenvalue weighted by atomic mass is 9.97. The largest absolute Gasteiger partial charge is 0.492 e. The van der Waals surface area contributed by atoms with E-state index in [4.69, 9.17) is 19.9 Å². The van der Waals surface area contributed by atoms with E-state index in [1.807, 2.05) is 12.1 Å². The zero-order valence-corrected chi connectivity index (χ0v) is 17.7. The van der Waals surface area contributed by atoms with E-state index < -0.39 is 0 Å². The molecule has 5 rings (SSSR count). The third kappa shape index (κ3) is 4.48. The van der Waals surface area contributed by atoms with Crippen LogP contribution in [0.2, 0.25) is 0 Å². The molecule has 1 saturated heterocycles. The van der Waals surface area contributed by atoms with Crippen LogP contribution in [-0.2, 0) is 24.4 Å². The van der Waals surface area contributed by atoms with Crippen molar-refractivity contribution in [3.63, 3.8) is 0 Å². The van der Waals surface area contributed by atoms with Crippen LogP contribution < -0.4 is 19.9 Å². The second kappa shape index (κ2) is 8.77. The second-order valence-corrected chi connectivity index (χ2v) is 8.63. The molecule has 1 unspecified atom stereocenters. The monoisotopic (exact) mass is 423 g/mol. The van der Waals surface area contributed by atoms with Gasteiger partial charge in [0.1, 0.15) is 12.4 Å². The van der Waals surface area contributed by atoms with Gasteiger partial charge in [0.15, 0.2) is 11.5 Å². The van der Waals surface area contributed by atoms with E-state index in [0.717, 1.165) is 74.9 Å². The molecule has 3 aliphatic heterocycles. The number of fused-ring (bicyclic) bond motifs is 2. The first kappa shape index (κ1) is 20.2. The Kier molecular flexibility index (Phi) is 5.70. The van der Waals surface area contributed by atoms with Gasteiger partial charge in [-0.25, -0.2) is 0 Å². The number of primary amides is 1. The van der Waals surface area contributed by atoms with Gasteiger partial charge in [-0.3, -0.25) is 14.6 Å². The van der Waals surface area contributed by atoms with E-state index in [0.29, 0.717) is 6.61 Å². The van der Waals surface area contributed by atoms with Gasteiger partial charge in [-0.2, -0.15) is 0 Å². The molecule has 1 atom stereocenters. The Labute approximate surface area is 182 Å². The standard InChI is InChI=1S/C24H29N3O4/c25-24(28)19-4-2-8-26(14-19)12-17-6-7-21-20(11-17)15-27(9-10-29-21)13-18-3-1-5-22-23(18)31-16-30-22/h1,3,5-7,11,19H,2,4,8-10,12-16H2,(H2,25,28). The number of amides is 1. The summed E-state index contributed by atoms with van der Waals surface area (Å²) in [4.78, 5) is 16.3. The normalized spacial score (nSPS) is 21.2. The molecule has 0 aliphatic carbocycles. The second-order valence-electron chi connectivity index (χ2n) is 8.63. The molecule has 2 aromatic rings. The summed E-state index contributed by atoms with van der Waals surface area (Å²) < 4.78 is 17.2. The Morgan fingerprint density at radius 3 is 2.87 bits per heavy atom. The molecule has 31 heavy (non-hydrogen) atoms. The van der Waals surface area contributed by atoms with Gasteiger partial charge >= 0.3 is 0 Å². The van der Waals surface area contributed by atoms with Crippen molar-refractivity contribution in [2.24, 2.45) is 11.7 Å². The molecule has 0 saturated carbocycles. The fourth-order valence-corrected chi connectivity index (χ4v) is 4.78. The van der Waals surface area contributed by atoms with E-state index in [-0.39, 0.29) is 18.6 Å². The number of carbonyl (C=O) groups excluding carboxylic acids is 1. The Morgan fingerprint density at radius 1 is 1.03 bits per heavy atom. The molecule has 2 N–H and O–H groups in total. The summed E-state index contributed by atoms with van der Waals surface area (Å²) in [5.41, 5.74) is 9.12. The van der Waals surface area contributed by atoms with Crippen LogP contribution in [-0.4, -0.2) is 48.7 Å². The first-order valence-corrected chi connectivity index (χ1v) is 11.0. The first-order chi connectivity index (χ1) is 15.2. The minimum atomic E-state index is -0.183. The Hall–Kier alpha value is -2.77. The zero-order valence-electron chi connectivity index (χ0n) is 17.7. The molecule has 7 nitrogen and oxygen atoms in total. The summed E-state index contributed by atoms with van der Waals surface area (Å²) in [5.74, 6) is 2.42. The molecule has 2 aromatic carbocycles. The lowest BCUT2D eigenvalue weighted by molar-refractivity contribution is -0.123. The van der Waals surface area contributed by atoms with E-state index in [2.05, 4.69) is 34.1 Å². The molecule has 1 fully saturated rings. The summed E-state index contributed by atoms with van der Waals surface area (Å²) in [6, 6.07) is 12.5. The van der Waals surface area contributed by atoms with Crippen LogP contribution in [0.5, 0.6) is 17.2 Å². The fourth-order valence-electron chi connectivity index (χ4n) is 4.78. The highest BCUT2D eigenvalue weighted by Crippen LogP contribution is 2.36. The number of hydrogen-bond donors (Lipinski definition) is 1. The van der Waals surface area contributed by atoms with E-state index in [1.165, 1.54) is 11.1 Å². The average molecular weight is 424 g/mol. The van der Waals surface area contributed by atoms with Crippen molar-refractivity contribution in [1.29, 1.82) is 0 Å². The van der Waals surface area contributed by atoms with Crippen molar-refractivity contribution >= 4 is 5.91 Å². The van der Waals surface area contributed by atoms with Crippen molar-refractivity contribution in [2.75, 3.05) is 33.0 Å². The van der Waals surface area contributed by atoms with Gasteiger partial charge in [-0.15, -0.1) is 0 Å². The minimum Gasteiger partial charge on any atom is -0.492 e. The number of hydrogen-bond acceptors (Lipinski definition) is 6. The third-order valence-corrected chi connectivity index (χ3v) is 6.37. The van der Waals surface area contributed by atoms with Crippen molar-refractivity contribution < 1.29 is 19.0 Å². The summed E-state index contributed by atoms with van der Waals surface area (Å²) >= 11 is 0. The van der Waals surface area contributed by atoms with Gasteiger partial charge in [0, 0.05) is 43.9 Å². The molecule has 7 heteroatoms. The van der Waals surface area contributed by atoms with Gasteiger partial charge in [0.2, 0.25) is 12.7 Å². The van der Waals surface area contributed by atoms with Gasteiger partial charge in [-0.1, -0.05) is 18.2 Å². The molecule has 0 bridgehead atoms. The number of likely N-dealkylation sites (tertiary alicyclic amines) is 1. The number of nitrogens with two attached hydrogens (primary N) is 1. The van der Waals surface area contributed by atoms with Crippen LogP contribution >= 0.6 is 0 Å². The number of piperidine rings is 1. The molecule has 0 radical (unpaired) electrons. The Bertz CT molecular complexity index is 964. The number of carbonyl (C=O) groups is 1. The smallest absolute Gasteiger partial charge is 0.231 e. The summed E-state index contributed by atoms with van der Waals surface area (Å²) in [5, 5.41) is 0. The quantitative estimate of drug-likeness (QED) is 0.796. The molecule has 3 aliphatic rings. The maximum Gasteiger partial charge on any atom is 0.231 e. The summed E-state index contributed by atoms with van der Waals surface area (Å²) in [6.07, 6.45) is 1.92. The highest BCUT2D eigenvalue weighted by Gasteiger charge is 2.25. The highest BCUT2D eigenvalue weighted by molar-refractivity contribution is 5.76. The maximum absolute atomic E-state index is 11.6. The van der Waals surface area contributed by atoms with Crippen LogP contribution in [0.1, 0.15) is 29.5 Å². The first-order valence-electron chi connectivity index (χ1n) is 11.0. The van der Waals surface area contributed by atoms with Crippen molar-refractivity contribution in [1.82, 2.24) is 9.80 Å². The molecule has 0 aromatic heterocycles. The topological polar surface area (TPSA) is 77.3 Å². The number of ether oxygens (including phenoxy) is 3. The predicted octanol–water partition coefficient (Wildman–Crippen LogP) is 2.51. The highest BCUT2D eigenvalue weighted by atomic mass is 16.7. The lowest BCUT2D eigenvalue weighted by Crippen LogP contribution is -2.40. The molecule has 164 valence electrons. The van der Waals surface area contributed by atoms with Gasteiger partial charge in [0.25, 0.3) is 0 Å². The number of benzene rings is 2. The lowest BCUT2D eigenvalue weighted by Gasteiger charge is -2.31. The van der Waals surface area contributed by atoms with Crippen LogP contribution in [0, 0.1) is 5.92 Å². The summed E-state index contributed by atoms with van der Waals surface area (Å²) in [7, 11) is 0. The summed E-state index contributed by atoms with van der Waals surface area (Å²) in [6.45, 7) is 5.97. The van der Waals surface area contributed by atoms with Crippen LogP contribution in [0.3, 0.4) is 0 Å². The van der Waals surface area contributed by atoms with Crippen LogP contribution in [0.15, 0.2) is 36.4 Å². The van der Waals surface area contributed by atoms with Crippen molar-refractivity contribution in [3.8, 4) is 17.2 Å². The fraction of sp³-hybridized carbons (Fsp3) is 0.458. The number of para-hydroxylation sites is 1. The number of rotatable bonds is 5. The maximum atomic E-state index is 11.6. The van der Waals surface area contributed by atoms with Gasteiger partial charge in [0.05, 0.1) is 5.92 Å². The van der Waals surface area contributed by atoms with E-state index >= 15 is 0 Å². The van der Waals surface area contributed by atoms with E-state index in [9.17, 15) is 4.79 Å². The molecule has 3 heterocycles. The van der Waals surface area contributed by atoms with Crippen molar-refractivity contribution in [2.45, 2.75) is 32.5 Å². The van der Waals surface area contributed by atoms with Crippen LogP contribution in [0.4, 0.5) is 0 Å². The molecular formula is C24H29N3O4. The average Bonchev–Trinajstić information content (AvgIpc) is 3.16. The molecular weight excluding hydrogens is 394 g/mol. The molecule has 1 amide bonds. The SMILES string of the molecule is NC(=O)C1CCCN(Cc2ccc3c(c2)CN(Cc2cccc4c2OCO4)CCO3)C1. The van der Waals surface area contributed by atoms with Gasteiger partial charge < -0.3 is 19.9 Å². The third-order valence-electron chi connectivity index (χ3n) is 6.37. The minimum absolute atomic E-state index is 0.0350. The number of nitrogens with zero attached hydrogens (tertiary/aromatic N) is 2. The Balaban J connectivity index is 1.29. The zero-order chi connectivity index (χ0) is 21.2. The van der Waals surface area contributed by atoms with Crippen molar-refractivity contribution in [3.05, 3.63) is 53.1 Å². The van der Waals surface area contributed by atoms with Gasteiger partial charge in [-0.05, 0) is 43.1 Å². The van der Waals surface area contributed by atoms with E-state index in [1.54, 1.807) is 0 Å². The van der Waals surface area contributed by atoms with Crippen LogP contribution in [0.25, 0.3) is 0 Å². The Morgan fingerprint density at radius 2 is 1.97 bits per heavy atom. The predicted molar refractivity (Wildman–Crippen MR) is 116 cm³/mol.